The number of hydrogen-bond donors (Lipinski definition) is 0. The Labute approximate surface area is 132 Å². The number of carbonyl (C=O) groups is 1. The molecule has 0 aliphatic carbocycles. The second-order valence-electron chi connectivity index (χ2n) is 5.49. The van der Waals surface area contributed by atoms with Gasteiger partial charge in [-0.1, -0.05) is 0 Å². The van der Waals surface area contributed by atoms with Crippen LogP contribution in [-0.4, -0.2) is 49.3 Å². The Balaban J connectivity index is 2.20. The summed E-state index contributed by atoms with van der Waals surface area (Å²) in [6.07, 6.45) is 0.114. The number of amides is 1. The van der Waals surface area contributed by atoms with E-state index in [1.807, 2.05) is 32.6 Å². The predicted octanol–water partition coefficient (Wildman–Crippen LogP) is 2.73. The van der Waals surface area contributed by atoms with Crippen molar-refractivity contribution in [3.8, 4) is 11.5 Å². The van der Waals surface area contributed by atoms with E-state index in [0.717, 1.165) is 0 Å². The number of morpholine rings is 1. The third kappa shape index (κ3) is 3.91. The number of nitrogens with zero attached hydrogens (tertiary/aromatic N) is 1. The van der Waals surface area contributed by atoms with Gasteiger partial charge in [0.05, 0.1) is 25.4 Å². The highest BCUT2D eigenvalue weighted by atomic mass is 16.5. The van der Waals surface area contributed by atoms with Gasteiger partial charge in [-0.05, 0) is 45.9 Å². The first-order valence-electron chi connectivity index (χ1n) is 7.89. The molecule has 5 nitrogen and oxygen atoms in total. The van der Waals surface area contributed by atoms with E-state index >= 15 is 0 Å². The van der Waals surface area contributed by atoms with E-state index in [1.54, 1.807) is 18.2 Å². The molecule has 0 spiro atoms. The van der Waals surface area contributed by atoms with Gasteiger partial charge in [-0.15, -0.1) is 0 Å². The lowest BCUT2D eigenvalue weighted by Crippen LogP contribution is -2.48. The van der Waals surface area contributed by atoms with E-state index in [4.69, 9.17) is 14.2 Å². The Morgan fingerprint density at radius 1 is 1.14 bits per heavy atom. The number of ether oxygens (including phenoxy) is 3. The van der Waals surface area contributed by atoms with E-state index in [1.165, 1.54) is 0 Å². The monoisotopic (exact) mass is 307 g/mol. The molecule has 1 amide bonds. The molecule has 1 saturated heterocycles. The summed E-state index contributed by atoms with van der Waals surface area (Å²) >= 11 is 0. The lowest BCUT2D eigenvalue weighted by molar-refractivity contribution is -0.0586. The van der Waals surface area contributed by atoms with Crippen LogP contribution in [0, 0.1) is 0 Å². The van der Waals surface area contributed by atoms with Gasteiger partial charge in [0.15, 0.2) is 11.5 Å². The first kappa shape index (κ1) is 16.6. The van der Waals surface area contributed by atoms with Crippen molar-refractivity contribution in [1.29, 1.82) is 0 Å². The number of rotatable bonds is 5. The fourth-order valence-electron chi connectivity index (χ4n) is 2.71. The summed E-state index contributed by atoms with van der Waals surface area (Å²) in [6.45, 7) is 10.1. The van der Waals surface area contributed by atoms with Crippen molar-refractivity contribution >= 4 is 5.91 Å². The Morgan fingerprint density at radius 3 is 2.32 bits per heavy atom. The van der Waals surface area contributed by atoms with E-state index < -0.39 is 0 Å². The lowest BCUT2D eigenvalue weighted by Gasteiger charge is -2.35. The zero-order chi connectivity index (χ0) is 16.1. The van der Waals surface area contributed by atoms with Gasteiger partial charge in [0.1, 0.15) is 0 Å². The summed E-state index contributed by atoms with van der Waals surface area (Å²) in [5.41, 5.74) is 0.619. The zero-order valence-corrected chi connectivity index (χ0v) is 13.8. The van der Waals surface area contributed by atoms with Crippen LogP contribution in [0.5, 0.6) is 11.5 Å². The minimum Gasteiger partial charge on any atom is -0.490 e. The normalized spacial score (nSPS) is 21.5. The molecule has 5 heteroatoms. The van der Waals surface area contributed by atoms with Gasteiger partial charge < -0.3 is 19.1 Å². The van der Waals surface area contributed by atoms with Crippen LogP contribution in [0.15, 0.2) is 18.2 Å². The molecule has 22 heavy (non-hydrogen) atoms. The van der Waals surface area contributed by atoms with Crippen molar-refractivity contribution < 1.29 is 19.0 Å². The van der Waals surface area contributed by atoms with Crippen LogP contribution in [0.1, 0.15) is 38.1 Å². The average molecular weight is 307 g/mol. The van der Waals surface area contributed by atoms with E-state index in [9.17, 15) is 4.79 Å². The molecule has 2 atom stereocenters. The molecule has 0 radical (unpaired) electrons. The SMILES string of the molecule is CCOc1ccc(C(=O)N2C[C@@H](C)O[C@H](C)C2)cc1OCC. The second kappa shape index (κ2) is 7.49. The summed E-state index contributed by atoms with van der Waals surface area (Å²) in [4.78, 5) is 14.5. The van der Waals surface area contributed by atoms with Crippen molar-refractivity contribution in [3.05, 3.63) is 23.8 Å². The fourth-order valence-corrected chi connectivity index (χ4v) is 2.71. The minimum absolute atomic E-state index is 0.00556. The summed E-state index contributed by atoms with van der Waals surface area (Å²) in [5.74, 6) is 1.29. The van der Waals surface area contributed by atoms with Gasteiger partial charge in [0.2, 0.25) is 0 Å². The van der Waals surface area contributed by atoms with Crippen LogP contribution < -0.4 is 9.47 Å². The molecule has 0 unspecified atom stereocenters. The van der Waals surface area contributed by atoms with Gasteiger partial charge >= 0.3 is 0 Å². The summed E-state index contributed by atoms with van der Waals surface area (Å²) in [6, 6.07) is 5.36. The molecule has 0 saturated carbocycles. The molecule has 122 valence electrons. The largest absolute Gasteiger partial charge is 0.490 e. The first-order valence-corrected chi connectivity index (χ1v) is 7.89. The Hall–Kier alpha value is -1.75. The Morgan fingerprint density at radius 2 is 1.73 bits per heavy atom. The molecule has 1 aromatic carbocycles. The molecule has 1 aliphatic rings. The summed E-state index contributed by atoms with van der Waals surface area (Å²) in [7, 11) is 0. The van der Waals surface area contributed by atoms with E-state index in [2.05, 4.69) is 0 Å². The van der Waals surface area contributed by atoms with Crippen LogP contribution in [0.4, 0.5) is 0 Å². The Bertz CT molecular complexity index is 507. The maximum Gasteiger partial charge on any atom is 0.254 e. The molecular formula is C17H25NO4. The molecular weight excluding hydrogens is 282 g/mol. The Kier molecular flexibility index (Phi) is 5.66. The third-order valence-corrected chi connectivity index (χ3v) is 3.50. The van der Waals surface area contributed by atoms with Crippen LogP contribution in [0.2, 0.25) is 0 Å². The number of benzene rings is 1. The highest BCUT2D eigenvalue weighted by Crippen LogP contribution is 2.29. The van der Waals surface area contributed by atoms with Crippen molar-refractivity contribution in [2.24, 2.45) is 0 Å². The van der Waals surface area contributed by atoms with Crippen LogP contribution in [0.25, 0.3) is 0 Å². The topological polar surface area (TPSA) is 48.0 Å². The highest BCUT2D eigenvalue weighted by Gasteiger charge is 2.27. The highest BCUT2D eigenvalue weighted by molar-refractivity contribution is 5.95. The van der Waals surface area contributed by atoms with Crippen LogP contribution in [0.3, 0.4) is 0 Å². The van der Waals surface area contributed by atoms with Gasteiger partial charge in [-0.2, -0.15) is 0 Å². The molecule has 2 rings (SSSR count). The molecule has 0 N–H and O–H groups in total. The molecule has 1 aliphatic heterocycles. The van der Waals surface area contributed by atoms with Crippen LogP contribution >= 0.6 is 0 Å². The van der Waals surface area contributed by atoms with E-state index in [-0.39, 0.29) is 18.1 Å². The quantitative estimate of drug-likeness (QED) is 0.839. The maximum absolute atomic E-state index is 12.7. The summed E-state index contributed by atoms with van der Waals surface area (Å²) < 4.78 is 16.8. The van der Waals surface area contributed by atoms with Crippen molar-refractivity contribution in [1.82, 2.24) is 4.90 Å². The predicted molar refractivity (Wildman–Crippen MR) is 84.7 cm³/mol. The number of hydrogen-bond acceptors (Lipinski definition) is 4. The van der Waals surface area contributed by atoms with Crippen molar-refractivity contribution in [2.75, 3.05) is 26.3 Å². The fraction of sp³-hybridized carbons (Fsp3) is 0.588. The third-order valence-electron chi connectivity index (χ3n) is 3.50. The van der Waals surface area contributed by atoms with Crippen molar-refractivity contribution in [2.45, 2.75) is 39.9 Å². The molecule has 1 fully saturated rings. The summed E-state index contributed by atoms with van der Waals surface area (Å²) in [5, 5.41) is 0. The molecule has 1 aromatic rings. The van der Waals surface area contributed by atoms with Gasteiger partial charge in [-0.25, -0.2) is 0 Å². The maximum atomic E-state index is 12.7. The molecule has 0 bridgehead atoms. The second-order valence-corrected chi connectivity index (χ2v) is 5.49. The molecule has 1 heterocycles. The van der Waals surface area contributed by atoms with Gasteiger partial charge in [-0.3, -0.25) is 4.79 Å². The zero-order valence-electron chi connectivity index (χ0n) is 13.8. The standard InChI is InChI=1S/C17H25NO4/c1-5-20-15-8-7-14(9-16(15)21-6-2)17(19)18-10-12(3)22-13(4)11-18/h7-9,12-13H,5-6,10-11H2,1-4H3/t12-,13-/m1/s1. The molecule has 0 aromatic heterocycles. The van der Waals surface area contributed by atoms with Gasteiger partial charge in [0.25, 0.3) is 5.91 Å². The van der Waals surface area contributed by atoms with Gasteiger partial charge in [0, 0.05) is 18.7 Å². The van der Waals surface area contributed by atoms with E-state index in [0.29, 0.717) is 43.4 Å². The van der Waals surface area contributed by atoms with Crippen LogP contribution in [-0.2, 0) is 4.74 Å². The lowest BCUT2D eigenvalue weighted by atomic mass is 10.1. The first-order chi connectivity index (χ1) is 10.5. The number of carbonyl (C=O) groups excluding carboxylic acids is 1. The van der Waals surface area contributed by atoms with Crippen molar-refractivity contribution in [3.63, 3.8) is 0 Å². The average Bonchev–Trinajstić information content (AvgIpc) is 2.48. The smallest absolute Gasteiger partial charge is 0.254 e. The minimum atomic E-state index is 0.00556.